The van der Waals surface area contributed by atoms with Crippen LogP contribution in [0.25, 0.3) is 0 Å². The Hall–Kier alpha value is -0.750. The first kappa shape index (κ1) is 16.3. The van der Waals surface area contributed by atoms with Gasteiger partial charge in [0.05, 0.1) is 13.0 Å². The number of carbonyl (C=O) groups excluding carboxylic acids is 1. The fraction of sp³-hybridized carbons (Fsp3) is 0.846. The van der Waals surface area contributed by atoms with Crippen LogP contribution in [0.3, 0.4) is 0 Å². The first-order chi connectivity index (χ1) is 8.90. The van der Waals surface area contributed by atoms with E-state index in [4.69, 9.17) is 5.11 Å². The molecular formula is C13H24N2O3S. The Balaban J connectivity index is 2.47. The van der Waals surface area contributed by atoms with Gasteiger partial charge in [-0.3, -0.25) is 14.5 Å². The summed E-state index contributed by atoms with van der Waals surface area (Å²) in [4.78, 5) is 24.8. The molecule has 19 heavy (non-hydrogen) atoms. The summed E-state index contributed by atoms with van der Waals surface area (Å²) >= 11 is 1.76. The molecule has 1 saturated heterocycles. The number of nitrogens with zero attached hydrogens (tertiary/aromatic N) is 1. The molecule has 1 fully saturated rings. The van der Waals surface area contributed by atoms with Crippen LogP contribution in [-0.2, 0) is 9.59 Å². The van der Waals surface area contributed by atoms with E-state index in [1.807, 2.05) is 11.8 Å². The molecule has 1 heterocycles. The number of amides is 1. The second-order valence-corrected chi connectivity index (χ2v) is 6.55. The number of carbonyl (C=O) groups is 2. The zero-order valence-electron chi connectivity index (χ0n) is 11.9. The van der Waals surface area contributed by atoms with Gasteiger partial charge in [0.2, 0.25) is 5.91 Å². The highest BCUT2D eigenvalue weighted by Gasteiger charge is 2.26. The van der Waals surface area contributed by atoms with Gasteiger partial charge in [-0.25, -0.2) is 0 Å². The Morgan fingerprint density at radius 2 is 2.11 bits per heavy atom. The lowest BCUT2D eigenvalue weighted by Gasteiger charge is -2.34. The molecule has 0 bridgehead atoms. The van der Waals surface area contributed by atoms with E-state index in [2.05, 4.69) is 19.2 Å². The summed E-state index contributed by atoms with van der Waals surface area (Å²) in [6.45, 7) is 7.20. The molecule has 110 valence electrons. The first-order valence-electron chi connectivity index (χ1n) is 6.73. The Bertz CT molecular complexity index is 323. The Labute approximate surface area is 119 Å². The molecule has 0 saturated carbocycles. The average molecular weight is 288 g/mol. The van der Waals surface area contributed by atoms with E-state index in [1.165, 1.54) is 0 Å². The van der Waals surface area contributed by atoms with E-state index in [0.29, 0.717) is 12.5 Å². The van der Waals surface area contributed by atoms with Gasteiger partial charge < -0.3 is 10.4 Å². The van der Waals surface area contributed by atoms with Gasteiger partial charge in [0, 0.05) is 30.1 Å². The van der Waals surface area contributed by atoms with Gasteiger partial charge in [0.25, 0.3) is 0 Å². The van der Waals surface area contributed by atoms with Crippen molar-refractivity contribution in [3.05, 3.63) is 0 Å². The Morgan fingerprint density at radius 3 is 2.68 bits per heavy atom. The number of nitrogens with one attached hydrogen (secondary N) is 1. The van der Waals surface area contributed by atoms with Crippen molar-refractivity contribution in [2.45, 2.75) is 39.3 Å². The van der Waals surface area contributed by atoms with Gasteiger partial charge in [0.15, 0.2) is 0 Å². The summed E-state index contributed by atoms with van der Waals surface area (Å²) in [5, 5.41) is 11.9. The summed E-state index contributed by atoms with van der Waals surface area (Å²) in [6, 6.07) is 0.112. The zero-order chi connectivity index (χ0) is 14.4. The molecule has 0 aliphatic carbocycles. The normalized spacial score (nSPS) is 22.2. The molecule has 6 heteroatoms. The number of aliphatic carboxylic acids is 1. The predicted molar refractivity (Wildman–Crippen MR) is 77.4 cm³/mol. The third-order valence-electron chi connectivity index (χ3n) is 3.50. The van der Waals surface area contributed by atoms with Crippen LogP contribution in [0.4, 0.5) is 0 Å². The number of hydrogen-bond acceptors (Lipinski definition) is 4. The van der Waals surface area contributed by atoms with Crippen LogP contribution >= 0.6 is 11.8 Å². The summed E-state index contributed by atoms with van der Waals surface area (Å²) in [5.41, 5.74) is 0. The van der Waals surface area contributed by atoms with Crippen molar-refractivity contribution in [1.29, 1.82) is 0 Å². The maximum absolute atomic E-state index is 12.0. The minimum Gasteiger partial charge on any atom is -0.481 e. The molecule has 1 aliphatic heterocycles. The predicted octanol–water partition coefficient (Wildman–Crippen LogP) is 1.04. The van der Waals surface area contributed by atoms with Crippen LogP contribution in [0.2, 0.25) is 0 Å². The smallest absolute Gasteiger partial charge is 0.304 e. The molecule has 0 aromatic heterocycles. The number of thioether (sulfide) groups is 1. The van der Waals surface area contributed by atoms with E-state index in [0.717, 1.165) is 18.1 Å². The van der Waals surface area contributed by atoms with Crippen molar-refractivity contribution in [2.24, 2.45) is 5.92 Å². The van der Waals surface area contributed by atoms with Gasteiger partial charge >= 0.3 is 5.97 Å². The second kappa shape index (κ2) is 7.75. The molecule has 0 radical (unpaired) electrons. The Morgan fingerprint density at radius 1 is 1.42 bits per heavy atom. The SMILES string of the molecule is CC(C)C(C)NC(=O)CN1CCSCC1CC(=O)O. The molecule has 0 aromatic carbocycles. The molecule has 1 aliphatic rings. The van der Waals surface area contributed by atoms with Crippen LogP contribution in [0.1, 0.15) is 27.2 Å². The average Bonchev–Trinajstić information content (AvgIpc) is 2.30. The van der Waals surface area contributed by atoms with Gasteiger partial charge in [-0.05, 0) is 12.8 Å². The molecule has 2 unspecified atom stereocenters. The van der Waals surface area contributed by atoms with Crippen molar-refractivity contribution in [3.8, 4) is 0 Å². The van der Waals surface area contributed by atoms with E-state index in [1.54, 1.807) is 11.8 Å². The molecule has 0 aromatic rings. The first-order valence-corrected chi connectivity index (χ1v) is 7.88. The molecule has 2 N–H and O–H groups in total. The molecule has 0 spiro atoms. The summed E-state index contributed by atoms with van der Waals surface area (Å²) in [6.07, 6.45) is 0.111. The topological polar surface area (TPSA) is 69.6 Å². The van der Waals surface area contributed by atoms with E-state index >= 15 is 0 Å². The fourth-order valence-electron chi connectivity index (χ4n) is 1.94. The minimum absolute atomic E-state index is 0.0107. The largest absolute Gasteiger partial charge is 0.481 e. The summed E-state index contributed by atoms with van der Waals surface area (Å²) < 4.78 is 0. The van der Waals surface area contributed by atoms with Gasteiger partial charge in [-0.1, -0.05) is 13.8 Å². The highest BCUT2D eigenvalue weighted by atomic mass is 32.2. The lowest BCUT2D eigenvalue weighted by molar-refractivity contribution is -0.139. The fourth-order valence-corrected chi connectivity index (χ4v) is 3.07. The van der Waals surface area contributed by atoms with Crippen molar-refractivity contribution < 1.29 is 14.7 Å². The molecular weight excluding hydrogens is 264 g/mol. The maximum atomic E-state index is 12.0. The van der Waals surface area contributed by atoms with Crippen LogP contribution in [0, 0.1) is 5.92 Å². The highest BCUT2D eigenvalue weighted by molar-refractivity contribution is 7.99. The molecule has 2 atom stereocenters. The van der Waals surface area contributed by atoms with Crippen LogP contribution in [0.5, 0.6) is 0 Å². The van der Waals surface area contributed by atoms with Crippen LogP contribution in [0.15, 0.2) is 0 Å². The zero-order valence-corrected chi connectivity index (χ0v) is 12.7. The number of hydrogen-bond donors (Lipinski definition) is 2. The monoisotopic (exact) mass is 288 g/mol. The maximum Gasteiger partial charge on any atom is 0.304 e. The van der Waals surface area contributed by atoms with Gasteiger partial charge in [-0.2, -0.15) is 11.8 Å². The lowest BCUT2D eigenvalue weighted by Crippen LogP contribution is -2.50. The van der Waals surface area contributed by atoms with Gasteiger partial charge in [0.1, 0.15) is 0 Å². The lowest BCUT2D eigenvalue weighted by atomic mass is 10.1. The third-order valence-corrected chi connectivity index (χ3v) is 4.59. The molecule has 1 rings (SSSR count). The number of carboxylic acid groups (broad SMARTS) is 1. The van der Waals surface area contributed by atoms with E-state index in [9.17, 15) is 9.59 Å². The molecule has 1 amide bonds. The van der Waals surface area contributed by atoms with Crippen molar-refractivity contribution in [3.63, 3.8) is 0 Å². The molecule has 5 nitrogen and oxygen atoms in total. The third kappa shape index (κ3) is 5.82. The van der Waals surface area contributed by atoms with Gasteiger partial charge in [-0.15, -0.1) is 0 Å². The number of rotatable bonds is 6. The van der Waals surface area contributed by atoms with Crippen LogP contribution < -0.4 is 5.32 Å². The van der Waals surface area contributed by atoms with Crippen LogP contribution in [-0.4, -0.2) is 58.6 Å². The summed E-state index contributed by atoms with van der Waals surface area (Å²) in [5.74, 6) is 1.34. The minimum atomic E-state index is -0.798. The van der Waals surface area contributed by atoms with Crippen molar-refractivity contribution >= 4 is 23.6 Å². The van der Waals surface area contributed by atoms with Crippen molar-refractivity contribution in [2.75, 3.05) is 24.6 Å². The van der Waals surface area contributed by atoms with E-state index in [-0.39, 0.29) is 24.4 Å². The Kier molecular flexibility index (Phi) is 6.65. The van der Waals surface area contributed by atoms with E-state index < -0.39 is 5.97 Å². The quantitative estimate of drug-likeness (QED) is 0.764. The number of carboxylic acids is 1. The summed E-state index contributed by atoms with van der Waals surface area (Å²) in [7, 11) is 0. The standard InChI is InChI=1S/C13H24N2O3S/c1-9(2)10(3)14-12(16)7-15-4-5-19-8-11(15)6-13(17)18/h9-11H,4-8H2,1-3H3,(H,14,16)(H,17,18). The second-order valence-electron chi connectivity index (χ2n) is 5.40. The van der Waals surface area contributed by atoms with Crippen molar-refractivity contribution in [1.82, 2.24) is 10.2 Å². The highest BCUT2D eigenvalue weighted by Crippen LogP contribution is 2.18.